The summed E-state index contributed by atoms with van der Waals surface area (Å²) in [4.78, 5) is 0. The molecule has 0 aliphatic heterocycles. The van der Waals surface area contributed by atoms with E-state index in [1.165, 1.54) is 12.1 Å². The second-order valence-corrected chi connectivity index (χ2v) is 1.80. The van der Waals surface area contributed by atoms with Gasteiger partial charge in [0.15, 0.2) is 0 Å². The first-order valence-electron chi connectivity index (χ1n) is 2.51. The van der Waals surface area contributed by atoms with Gasteiger partial charge in [-0.1, -0.05) is 12.1 Å². The fraction of sp³-hybridized carbons (Fsp3) is 0.143. The number of hydrogen-bond acceptors (Lipinski definition) is 0. The molecule has 0 saturated carbocycles. The Morgan fingerprint density at radius 3 is 2.33 bits per heavy atom. The molecule has 0 bridgehead atoms. The van der Waals surface area contributed by atoms with Crippen molar-refractivity contribution in [2.24, 2.45) is 0 Å². The van der Waals surface area contributed by atoms with Gasteiger partial charge >= 0.3 is 29.6 Å². The summed E-state index contributed by atoms with van der Waals surface area (Å²) < 4.78 is 12.2. The fourth-order valence-corrected chi connectivity index (χ4v) is 0.606. The SMILES string of the molecule is Cc1cccc(F)c1.[NaH]. The molecule has 1 rings (SSSR count). The van der Waals surface area contributed by atoms with E-state index in [-0.39, 0.29) is 35.4 Å². The summed E-state index contributed by atoms with van der Waals surface area (Å²) in [5.41, 5.74) is 0.963. The normalized spacial score (nSPS) is 8.22. The number of hydrogen-bond donors (Lipinski definition) is 0. The molecule has 9 heavy (non-hydrogen) atoms. The monoisotopic (exact) mass is 134 g/mol. The van der Waals surface area contributed by atoms with Crippen LogP contribution in [-0.2, 0) is 0 Å². The van der Waals surface area contributed by atoms with Gasteiger partial charge < -0.3 is 0 Å². The van der Waals surface area contributed by atoms with E-state index in [0.717, 1.165) is 5.56 Å². The summed E-state index contributed by atoms with van der Waals surface area (Å²) >= 11 is 0. The molecule has 0 atom stereocenters. The second kappa shape index (κ2) is 4.04. The summed E-state index contributed by atoms with van der Waals surface area (Å²) in [5.74, 6) is -0.162. The van der Waals surface area contributed by atoms with E-state index in [9.17, 15) is 4.39 Å². The minimum absolute atomic E-state index is 0. The Balaban J connectivity index is 0.000000640. The van der Waals surface area contributed by atoms with Gasteiger partial charge in [-0.25, -0.2) is 4.39 Å². The van der Waals surface area contributed by atoms with Crippen LogP contribution in [0.4, 0.5) is 4.39 Å². The number of benzene rings is 1. The maximum absolute atomic E-state index is 12.2. The van der Waals surface area contributed by atoms with Crippen molar-refractivity contribution in [3.8, 4) is 0 Å². The van der Waals surface area contributed by atoms with E-state index in [1.54, 1.807) is 6.07 Å². The summed E-state index contributed by atoms with van der Waals surface area (Å²) in [7, 11) is 0. The molecule has 44 valence electrons. The Kier molecular flexibility index (Phi) is 4.11. The van der Waals surface area contributed by atoms with Crippen LogP contribution >= 0.6 is 0 Å². The molecule has 0 nitrogen and oxygen atoms in total. The van der Waals surface area contributed by atoms with Gasteiger partial charge in [0.1, 0.15) is 5.82 Å². The number of rotatable bonds is 0. The number of halogens is 1. The first-order chi connectivity index (χ1) is 3.79. The number of aryl methyl sites for hydroxylation is 1. The average molecular weight is 134 g/mol. The van der Waals surface area contributed by atoms with Gasteiger partial charge in [0, 0.05) is 0 Å². The van der Waals surface area contributed by atoms with Gasteiger partial charge in [-0.2, -0.15) is 0 Å². The van der Waals surface area contributed by atoms with Crippen LogP contribution in [0.2, 0.25) is 0 Å². The van der Waals surface area contributed by atoms with Crippen LogP contribution in [0.25, 0.3) is 0 Å². The van der Waals surface area contributed by atoms with E-state index in [0.29, 0.717) is 0 Å². The van der Waals surface area contributed by atoms with Crippen molar-refractivity contribution < 1.29 is 4.39 Å². The van der Waals surface area contributed by atoms with Crippen molar-refractivity contribution in [3.05, 3.63) is 35.6 Å². The molecule has 0 aromatic heterocycles. The van der Waals surface area contributed by atoms with Crippen LogP contribution in [0.5, 0.6) is 0 Å². The predicted molar refractivity (Wildman–Crippen MR) is 38.3 cm³/mol. The first kappa shape index (κ1) is 9.15. The van der Waals surface area contributed by atoms with E-state index in [1.807, 2.05) is 13.0 Å². The molecule has 2 heteroatoms. The predicted octanol–water partition coefficient (Wildman–Crippen LogP) is 1.49. The Bertz CT molecular complexity index is 169. The quantitative estimate of drug-likeness (QED) is 0.471. The molecular formula is C7H8FNa. The third-order valence-electron chi connectivity index (χ3n) is 0.980. The van der Waals surface area contributed by atoms with Crippen LogP contribution < -0.4 is 0 Å². The van der Waals surface area contributed by atoms with Gasteiger partial charge in [-0.15, -0.1) is 0 Å². The molecule has 0 aliphatic carbocycles. The van der Waals surface area contributed by atoms with E-state index >= 15 is 0 Å². The van der Waals surface area contributed by atoms with Crippen molar-refractivity contribution in [1.29, 1.82) is 0 Å². The summed E-state index contributed by atoms with van der Waals surface area (Å²) in [6, 6.07) is 6.50. The van der Waals surface area contributed by atoms with Crippen molar-refractivity contribution in [2.75, 3.05) is 0 Å². The molecule has 1 aromatic rings. The van der Waals surface area contributed by atoms with Gasteiger partial charge in [0.05, 0.1) is 0 Å². The molecule has 1 aromatic carbocycles. The van der Waals surface area contributed by atoms with Crippen molar-refractivity contribution in [3.63, 3.8) is 0 Å². The molecule has 0 radical (unpaired) electrons. The molecule has 0 aliphatic rings. The van der Waals surface area contributed by atoms with Crippen molar-refractivity contribution >= 4 is 29.6 Å². The molecule has 0 fully saturated rings. The van der Waals surface area contributed by atoms with Crippen LogP contribution in [-0.4, -0.2) is 29.6 Å². The Labute approximate surface area is 76.4 Å². The van der Waals surface area contributed by atoms with Gasteiger partial charge in [0.2, 0.25) is 0 Å². The van der Waals surface area contributed by atoms with E-state index < -0.39 is 0 Å². The molecule has 0 saturated heterocycles. The second-order valence-electron chi connectivity index (χ2n) is 1.80. The van der Waals surface area contributed by atoms with Crippen molar-refractivity contribution in [1.82, 2.24) is 0 Å². The molecule has 0 unspecified atom stereocenters. The Morgan fingerprint density at radius 1 is 1.33 bits per heavy atom. The fourth-order valence-electron chi connectivity index (χ4n) is 0.606. The van der Waals surface area contributed by atoms with Crippen LogP contribution in [0, 0.1) is 12.7 Å². The molecule has 0 spiro atoms. The third-order valence-corrected chi connectivity index (χ3v) is 0.980. The maximum atomic E-state index is 12.2. The summed E-state index contributed by atoms with van der Waals surface area (Å²) in [5, 5.41) is 0. The molecular weight excluding hydrogens is 126 g/mol. The average Bonchev–Trinajstić information content (AvgIpc) is 1.64. The zero-order valence-electron chi connectivity index (χ0n) is 4.69. The summed E-state index contributed by atoms with van der Waals surface area (Å²) in [6.07, 6.45) is 0. The zero-order valence-corrected chi connectivity index (χ0v) is 4.69. The van der Waals surface area contributed by atoms with Crippen LogP contribution in [0.3, 0.4) is 0 Å². The van der Waals surface area contributed by atoms with E-state index in [2.05, 4.69) is 0 Å². The van der Waals surface area contributed by atoms with Gasteiger partial charge in [0.25, 0.3) is 0 Å². The standard InChI is InChI=1S/C7H7F.Na.H/c1-6-3-2-4-7(8)5-6;;/h2-5H,1H3;;. The third kappa shape index (κ3) is 2.99. The Morgan fingerprint density at radius 2 is 2.00 bits per heavy atom. The van der Waals surface area contributed by atoms with Gasteiger partial charge in [-0.3, -0.25) is 0 Å². The first-order valence-corrected chi connectivity index (χ1v) is 2.51. The molecule has 0 heterocycles. The van der Waals surface area contributed by atoms with Crippen LogP contribution in [0.1, 0.15) is 5.56 Å². The molecule has 0 amide bonds. The van der Waals surface area contributed by atoms with Gasteiger partial charge in [-0.05, 0) is 24.6 Å². The Hall–Kier alpha value is 0.150. The van der Waals surface area contributed by atoms with E-state index in [4.69, 9.17) is 0 Å². The topological polar surface area (TPSA) is 0 Å². The van der Waals surface area contributed by atoms with Crippen molar-refractivity contribution in [2.45, 2.75) is 6.92 Å². The zero-order chi connectivity index (χ0) is 5.98. The minimum atomic E-state index is -0.162. The van der Waals surface area contributed by atoms with Crippen LogP contribution in [0.15, 0.2) is 24.3 Å². The summed E-state index contributed by atoms with van der Waals surface area (Å²) in [6.45, 7) is 1.86. The molecule has 0 N–H and O–H groups in total.